The highest BCUT2D eigenvalue weighted by atomic mass is 79.9. The van der Waals surface area contributed by atoms with Crippen molar-refractivity contribution in [2.45, 2.75) is 0 Å². The second kappa shape index (κ2) is 5.75. The predicted octanol–water partition coefficient (Wildman–Crippen LogP) is 1.66. The second-order valence-electron chi connectivity index (χ2n) is 3.88. The Balaban J connectivity index is 2.18. The largest absolute Gasteiger partial charge is 0.314 e. The lowest BCUT2D eigenvalue weighted by Gasteiger charge is -2.27. The van der Waals surface area contributed by atoms with Gasteiger partial charge in [0.25, 0.3) is 0 Å². The van der Waals surface area contributed by atoms with Gasteiger partial charge in [0.15, 0.2) is 0 Å². The van der Waals surface area contributed by atoms with Crippen molar-refractivity contribution in [2.24, 2.45) is 0 Å². The number of nitrogens with one attached hydrogen (secondary N) is 2. The molecule has 18 heavy (non-hydrogen) atoms. The zero-order valence-corrected chi connectivity index (χ0v) is 12.6. The normalized spacial score (nSPS) is 17.7. The number of nitrogens with zero attached hydrogens (tertiary/aromatic N) is 1. The third-order valence-corrected chi connectivity index (χ3v) is 4.93. The van der Waals surface area contributed by atoms with Crippen LogP contribution in [0.5, 0.6) is 0 Å². The lowest BCUT2D eigenvalue weighted by molar-refractivity contribution is 0.362. The summed E-state index contributed by atoms with van der Waals surface area (Å²) in [5, 5.41) is 3.48. The Labute approximate surface area is 120 Å². The predicted molar refractivity (Wildman–Crippen MR) is 76.1 cm³/mol. The van der Waals surface area contributed by atoms with Gasteiger partial charge in [-0.2, -0.15) is 12.7 Å². The van der Waals surface area contributed by atoms with Crippen LogP contribution in [0.25, 0.3) is 0 Å². The van der Waals surface area contributed by atoms with E-state index in [1.54, 1.807) is 18.2 Å². The third-order valence-electron chi connectivity index (χ3n) is 2.58. The van der Waals surface area contributed by atoms with Gasteiger partial charge in [-0.25, -0.2) is 0 Å². The van der Waals surface area contributed by atoms with Gasteiger partial charge in [0.2, 0.25) is 0 Å². The zero-order valence-electron chi connectivity index (χ0n) is 9.49. The zero-order chi connectivity index (χ0) is 13.2. The van der Waals surface area contributed by atoms with Crippen LogP contribution in [0.1, 0.15) is 0 Å². The molecule has 1 aromatic rings. The molecule has 8 heteroatoms. The molecule has 0 bridgehead atoms. The van der Waals surface area contributed by atoms with Gasteiger partial charge in [-0.15, -0.1) is 0 Å². The van der Waals surface area contributed by atoms with Crippen molar-refractivity contribution in [3.63, 3.8) is 0 Å². The van der Waals surface area contributed by atoms with E-state index in [1.165, 1.54) is 4.31 Å². The Morgan fingerprint density at radius 3 is 2.67 bits per heavy atom. The van der Waals surface area contributed by atoms with Gasteiger partial charge in [-0.1, -0.05) is 27.5 Å². The monoisotopic (exact) mass is 353 g/mol. The molecule has 0 aromatic heterocycles. The van der Waals surface area contributed by atoms with E-state index >= 15 is 0 Å². The second-order valence-corrected chi connectivity index (χ2v) is 6.87. The summed E-state index contributed by atoms with van der Waals surface area (Å²) in [4.78, 5) is 0. The van der Waals surface area contributed by atoms with E-state index in [0.29, 0.717) is 36.9 Å². The molecule has 5 nitrogen and oxygen atoms in total. The van der Waals surface area contributed by atoms with E-state index < -0.39 is 10.2 Å². The Bertz CT molecular complexity index is 532. The molecule has 0 radical (unpaired) electrons. The molecule has 0 aliphatic carbocycles. The minimum absolute atomic E-state index is 0.372. The van der Waals surface area contributed by atoms with Crippen LogP contribution >= 0.6 is 27.5 Å². The molecular formula is C10H13BrClN3O2S. The highest BCUT2D eigenvalue weighted by molar-refractivity contribution is 9.10. The molecule has 1 aromatic carbocycles. The highest BCUT2D eigenvalue weighted by Crippen LogP contribution is 2.27. The van der Waals surface area contributed by atoms with Gasteiger partial charge in [0, 0.05) is 30.7 Å². The summed E-state index contributed by atoms with van der Waals surface area (Å²) >= 11 is 9.25. The van der Waals surface area contributed by atoms with Crippen LogP contribution in [0.3, 0.4) is 0 Å². The summed E-state index contributed by atoms with van der Waals surface area (Å²) < 4.78 is 28.9. The van der Waals surface area contributed by atoms with E-state index in [-0.39, 0.29) is 0 Å². The Morgan fingerprint density at radius 2 is 2.00 bits per heavy atom. The van der Waals surface area contributed by atoms with Gasteiger partial charge in [-0.3, -0.25) is 4.72 Å². The van der Waals surface area contributed by atoms with Gasteiger partial charge in [-0.05, 0) is 18.2 Å². The molecule has 1 heterocycles. The van der Waals surface area contributed by atoms with Crippen molar-refractivity contribution in [1.29, 1.82) is 0 Å². The number of halogens is 2. The van der Waals surface area contributed by atoms with Crippen LogP contribution in [0.4, 0.5) is 5.69 Å². The lowest BCUT2D eigenvalue weighted by Crippen LogP contribution is -2.48. The van der Waals surface area contributed by atoms with Gasteiger partial charge in [0.1, 0.15) is 0 Å². The molecule has 1 aliphatic rings. The van der Waals surface area contributed by atoms with Crippen LogP contribution in [-0.4, -0.2) is 38.9 Å². The molecule has 1 fully saturated rings. The average molecular weight is 355 g/mol. The molecule has 2 N–H and O–H groups in total. The molecule has 0 unspecified atom stereocenters. The SMILES string of the molecule is O=S(=O)(Nc1cc(Br)ccc1Cl)N1CCNCC1. The number of piperazine rings is 1. The molecule has 100 valence electrons. The molecule has 1 saturated heterocycles. The molecule has 1 aliphatic heterocycles. The first-order chi connectivity index (χ1) is 8.49. The summed E-state index contributed by atoms with van der Waals surface area (Å²) in [5.74, 6) is 0. The van der Waals surface area contributed by atoms with Crippen LogP contribution in [0.2, 0.25) is 5.02 Å². The van der Waals surface area contributed by atoms with Crippen molar-refractivity contribution in [3.05, 3.63) is 27.7 Å². The first-order valence-corrected chi connectivity index (χ1v) is 8.04. The highest BCUT2D eigenvalue weighted by Gasteiger charge is 2.24. The summed E-state index contributed by atoms with van der Waals surface area (Å²) in [6.45, 7) is 2.24. The van der Waals surface area contributed by atoms with E-state index in [9.17, 15) is 8.42 Å². The van der Waals surface area contributed by atoms with Crippen molar-refractivity contribution >= 4 is 43.4 Å². The Hall–Kier alpha value is -0.340. The van der Waals surface area contributed by atoms with Crippen molar-refractivity contribution < 1.29 is 8.42 Å². The van der Waals surface area contributed by atoms with Crippen molar-refractivity contribution in [3.8, 4) is 0 Å². The summed E-state index contributed by atoms with van der Waals surface area (Å²) in [7, 11) is -3.54. The molecule has 0 atom stereocenters. The number of anilines is 1. The first kappa shape index (κ1) is 14.1. The van der Waals surface area contributed by atoms with E-state index in [1.807, 2.05) is 0 Å². The maximum absolute atomic E-state index is 12.1. The topological polar surface area (TPSA) is 61.4 Å². The number of hydrogen-bond donors (Lipinski definition) is 2. The number of benzene rings is 1. The van der Waals surface area contributed by atoms with Gasteiger partial charge < -0.3 is 5.32 Å². The van der Waals surface area contributed by atoms with Crippen LogP contribution in [0.15, 0.2) is 22.7 Å². The Morgan fingerprint density at radius 1 is 1.33 bits per heavy atom. The minimum Gasteiger partial charge on any atom is -0.314 e. The lowest BCUT2D eigenvalue weighted by atomic mass is 10.3. The maximum atomic E-state index is 12.1. The van der Waals surface area contributed by atoms with Crippen molar-refractivity contribution in [1.82, 2.24) is 9.62 Å². The first-order valence-electron chi connectivity index (χ1n) is 5.43. The summed E-state index contributed by atoms with van der Waals surface area (Å²) in [5.41, 5.74) is 0.379. The Kier molecular flexibility index (Phi) is 4.50. The summed E-state index contributed by atoms with van der Waals surface area (Å²) in [6.07, 6.45) is 0. The van der Waals surface area contributed by atoms with Gasteiger partial charge in [0.05, 0.1) is 10.7 Å². The molecule has 0 spiro atoms. The van der Waals surface area contributed by atoms with Gasteiger partial charge >= 0.3 is 10.2 Å². The standard InChI is InChI=1S/C10H13BrClN3O2S/c11-8-1-2-9(12)10(7-8)14-18(16,17)15-5-3-13-4-6-15/h1-2,7,13-14H,3-6H2. The van der Waals surface area contributed by atoms with E-state index in [0.717, 1.165) is 4.47 Å². The van der Waals surface area contributed by atoms with Crippen LogP contribution in [-0.2, 0) is 10.2 Å². The molecule has 0 saturated carbocycles. The van der Waals surface area contributed by atoms with E-state index in [2.05, 4.69) is 26.0 Å². The summed E-state index contributed by atoms with van der Waals surface area (Å²) in [6, 6.07) is 5.04. The number of rotatable bonds is 3. The van der Waals surface area contributed by atoms with Crippen LogP contribution in [0, 0.1) is 0 Å². The average Bonchev–Trinajstić information content (AvgIpc) is 2.35. The maximum Gasteiger partial charge on any atom is 0.301 e. The molecule has 2 rings (SSSR count). The fourth-order valence-corrected chi connectivity index (χ4v) is 3.48. The quantitative estimate of drug-likeness (QED) is 0.868. The third kappa shape index (κ3) is 3.36. The fourth-order valence-electron chi connectivity index (χ4n) is 1.66. The van der Waals surface area contributed by atoms with E-state index in [4.69, 9.17) is 11.6 Å². The molecule has 0 amide bonds. The minimum atomic E-state index is -3.54. The smallest absolute Gasteiger partial charge is 0.301 e. The number of hydrogen-bond acceptors (Lipinski definition) is 3. The van der Waals surface area contributed by atoms with Crippen LogP contribution < -0.4 is 10.0 Å². The van der Waals surface area contributed by atoms with Crippen molar-refractivity contribution in [2.75, 3.05) is 30.9 Å². The molecular weight excluding hydrogens is 342 g/mol. The fraction of sp³-hybridized carbons (Fsp3) is 0.400.